The molecule has 0 aromatic rings. The minimum absolute atomic E-state index is 0.174. The molecule has 0 saturated heterocycles. The molecule has 0 unspecified atom stereocenters. The molecule has 0 aliphatic heterocycles. The topological polar surface area (TPSA) is 52.6 Å². The fraction of sp³-hybridized carbons (Fsp3) is 0.882. The van der Waals surface area contributed by atoms with Crippen LogP contribution in [0.1, 0.15) is 84.5 Å². The number of carbonyl (C=O) groups is 2. The van der Waals surface area contributed by atoms with E-state index in [0.29, 0.717) is 12.8 Å². The van der Waals surface area contributed by atoms with Crippen LogP contribution in [0.25, 0.3) is 0 Å². The van der Waals surface area contributed by atoms with E-state index in [9.17, 15) is 9.59 Å². The lowest BCUT2D eigenvalue weighted by atomic mass is 10.1. The molecular weight excluding hydrogens is 268 g/mol. The molecule has 0 aliphatic rings. The van der Waals surface area contributed by atoms with Crippen molar-refractivity contribution in [3.8, 4) is 0 Å². The molecular formula is C17H32O4. The first-order valence-electron chi connectivity index (χ1n) is 8.52. The van der Waals surface area contributed by atoms with Gasteiger partial charge in [0.05, 0.1) is 0 Å². The predicted octanol–water partition coefficient (Wildman–Crippen LogP) is 4.40. The van der Waals surface area contributed by atoms with Crippen LogP contribution in [0.5, 0.6) is 0 Å². The second-order valence-corrected chi connectivity index (χ2v) is 5.42. The van der Waals surface area contributed by atoms with Gasteiger partial charge in [-0.2, -0.15) is 0 Å². The van der Waals surface area contributed by atoms with Gasteiger partial charge >= 0.3 is 11.9 Å². The Morgan fingerprint density at radius 1 is 0.619 bits per heavy atom. The second-order valence-electron chi connectivity index (χ2n) is 5.42. The summed E-state index contributed by atoms with van der Waals surface area (Å²) in [5, 5.41) is 0. The zero-order valence-electron chi connectivity index (χ0n) is 13.8. The van der Waals surface area contributed by atoms with Gasteiger partial charge in [-0.05, 0) is 12.8 Å². The number of hydrogen-bond acceptors (Lipinski definition) is 4. The first-order valence-corrected chi connectivity index (χ1v) is 8.52. The maximum absolute atomic E-state index is 11.4. The lowest BCUT2D eigenvalue weighted by Crippen LogP contribution is -2.13. The van der Waals surface area contributed by atoms with Crippen molar-refractivity contribution < 1.29 is 19.1 Å². The molecule has 0 rings (SSSR count). The van der Waals surface area contributed by atoms with E-state index in [1.165, 1.54) is 25.7 Å². The Balaban J connectivity index is 3.31. The highest BCUT2D eigenvalue weighted by Crippen LogP contribution is 2.07. The van der Waals surface area contributed by atoms with Crippen molar-refractivity contribution in [1.82, 2.24) is 0 Å². The van der Waals surface area contributed by atoms with Crippen molar-refractivity contribution in [2.24, 2.45) is 0 Å². The van der Waals surface area contributed by atoms with Gasteiger partial charge in [0, 0.05) is 12.8 Å². The molecule has 0 N–H and O–H groups in total. The van der Waals surface area contributed by atoms with Crippen LogP contribution in [0.15, 0.2) is 0 Å². The summed E-state index contributed by atoms with van der Waals surface area (Å²) in [6, 6.07) is 0. The molecule has 4 heteroatoms. The lowest BCUT2D eigenvalue weighted by Gasteiger charge is -2.06. The molecule has 0 aromatic carbocycles. The Labute approximate surface area is 129 Å². The number of esters is 2. The predicted molar refractivity (Wildman–Crippen MR) is 84.1 cm³/mol. The van der Waals surface area contributed by atoms with Crippen LogP contribution in [0.4, 0.5) is 0 Å². The summed E-state index contributed by atoms with van der Waals surface area (Å²) >= 11 is 0. The summed E-state index contributed by atoms with van der Waals surface area (Å²) in [6.45, 7) is 4.63. The minimum Gasteiger partial charge on any atom is -0.462 e. The van der Waals surface area contributed by atoms with Crippen LogP contribution in [-0.2, 0) is 19.1 Å². The quantitative estimate of drug-likeness (QED) is 0.352. The smallest absolute Gasteiger partial charge is 0.305 e. The fourth-order valence-corrected chi connectivity index (χ4v) is 2.02. The van der Waals surface area contributed by atoms with Crippen molar-refractivity contribution in [2.75, 3.05) is 13.2 Å². The summed E-state index contributed by atoms with van der Waals surface area (Å²) in [5.74, 6) is -0.386. The molecule has 4 nitrogen and oxygen atoms in total. The van der Waals surface area contributed by atoms with Crippen molar-refractivity contribution in [2.45, 2.75) is 84.5 Å². The van der Waals surface area contributed by atoms with Gasteiger partial charge in [0.15, 0.2) is 0 Å². The third kappa shape index (κ3) is 15.2. The van der Waals surface area contributed by atoms with Gasteiger partial charge in [0.25, 0.3) is 0 Å². The van der Waals surface area contributed by atoms with Crippen LogP contribution >= 0.6 is 0 Å². The SMILES string of the molecule is CCCCCCCCC(=O)OCCOC(=O)CCCCC. The fourth-order valence-electron chi connectivity index (χ4n) is 2.02. The monoisotopic (exact) mass is 300 g/mol. The average Bonchev–Trinajstić information content (AvgIpc) is 2.47. The summed E-state index contributed by atoms with van der Waals surface area (Å²) in [5.41, 5.74) is 0. The Hall–Kier alpha value is -1.06. The summed E-state index contributed by atoms with van der Waals surface area (Å²) < 4.78 is 10.0. The van der Waals surface area contributed by atoms with Crippen molar-refractivity contribution in [3.05, 3.63) is 0 Å². The van der Waals surface area contributed by atoms with Crippen LogP contribution in [0, 0.1) is 0 Å². The number of hydrogen-bond donors (Lipinski definition) is 0. The third-order valence-corrected chi connectivity index (χ3v) is 3.33. The van der Waals surface area contributed by atoms with Crippen molar-refractivity contribution in [1.29, 1.82) is 0 Å². The van der Waals surface area contributed by atoms with Crippen molar-refractivity contribution >= 4 is 11.9 Å². The van der Waals surface area contributed by atoms with Gasteiger partial charge in [-0.25, -0.2) is 0 Å². The molecule has 0 atom stereocenters. The van der Waals surface area contributed by atoms with Gasteiger partial charge in [-0.3, -0.25) is 9.59 Å². The van der Waals surface area contributed by atoms with E-state index in [1.54, 1.807) is 0 Å². The van der Waals surface area contributed by atoms with Gasteiger partial charge in [0.1, 0.15) is 13.2 Å². The highest BCUT2D eigenvalue weighted by molar-refractivity contribution is 5.70. The van der Waals surface area contributed by atoms with E-state index in [0.717, 1.165) is 32.1 Å². The third-order valence-electron chi connectivity index (χ3n) is 3.33. The largest absolute Gasteiger partial charge is 0.462 e. The maximum Gasteiger partial charge on any atom is 0.305 e. The highest BCUT2D eigenvalue weighted by Gasteiger charge is 2.05. The van der Waals surface area contributed by atoms with Gasteiger partial charge in [-0.15, -0.1) is 0 Å². The zero-order valence-corrected chi connectivity index (χ0v) is 13.8. The number of unbranched alkanes of at least 4 members (excludes halogenated alkanes) is 7. The zero-order chi connectivity index (χ0) is 15.8. The average molecular weight is 300 g/mol. The Bertz CT molecular complexity index is 264. The second kappa shape index (κ2) is 15.3. The summed E-state index contributed by atoms with van der Waals surface area (Å²) in [4.78, 5) is 22.7. The van der Waals surface area contributed by atoms with Gasteiger partial charge in [-0.1, -0.05) is 58.8 Å². The Kier molecular flexibility index (Phi) is 14.6. The first kappa shape index (κ1) is 19.9. The summed E-state index contributed by atoms with van der Waals surface area (Å²) in [6.07, 6.45) is 10.8. The molecule has 0 amide bonds. The van der Waals surface area contributed by atoms with Crippen molar-refractivity contribution in [3.63, 3.8) is 0 Å². The molecule has 21 heavy (non-hydrogen) atoms. The molecule has 124 valence electrons. The summed E-state index contributed by atoms with van der Waals surface area (Å²) in [7, 11) is 0. The molecule has 0 fully saturated rings. The molecule has 0 radical (unpaired) electrons. The molecule has 0 heterocycles. The van der Waals surface area contributed by atoms with E-state index in [2.05, 4.69) is 13.8 Å². The highest BCUT2D eigenvalue weighted by atomic mass is 16.6. The molecule has 0 saturated carbocycles. The maximum atomic E-state index is 11.4. The Morgan fingerprint density at radius 2 is 1.00 bits per heavy atom. The molecule has 0 spiro atoms. The molecule has 0 bridgehead atoms. The van der Waals surface area contributed by atoms with E-state index in [-0.39, 0.29) is 25.2 Å². The van der Waals surface area contributed by atoms with Crippen LogP contribution in [0.2, 0.25) is 0 Å². The number of carbonyl (C=O) groups excluding carboxylic acids is 2. The van der Waals surface area contributed by atoms with E-state index in [1.807, 2.05) is 0 Å². The van der Waals surface area contributed by atoms with Crippen LogP contribution < -0.4 is 0 Å². The van der Waals surface area contributed by atoms with E-state index >= 15 is 0 Å². The standard InChI is InChI=1S/C17H32O4/c1-3-5-7-8-9-11-13-17(19)21-15-14-20-16(18)12-10-6-4-2/h3-15H2,1-2H3. The number of ether oxygens (including phenoxy) is 2. The van der Waals surface area contributed by atoms with Gasteiger partial charge < -0.3 is 9.47 Å². The first-order chi connectivity index (χ1) is 10.2. The van der Waals surface area contributed by atoms with Crippen LogP contribution in [0.3, 0.4) is 0 Å². The van der Waals surface area contributed by atoms with Crippen LogP contribution in [-0.4, -0.2) is 25.2 Å². The molecule has 0 aromatic heterocycles. The molecule has 0 aliphatic carbocycles. The Morgan fingerprint density at radius 3 is 1.52 bits per heavy atom. The van der Waals surface area contributed by atoms with E-state index in [4.69, 9.17) is 9.47 Å². The number of rotatable bonds is 14. The normalized spacial score (nSPS) is 10.4. The van der Waals surface area contributed by atoms with E-state index < -0.39 is 0 Å². The lowest BCUT2D eigenvalue weighted by molar-refractivity contribution is -0.152. The minimum atomic E-state index is -0.199. The van der Waals surface area contributed by atoms with Gasteiger partial charge in [0.2, 0.25) is 0 Å².